The SMILES string of the molecule is C1CCOC1.CC(C)(C)[Si](C)(C)OC1CCC(C(=O)CC2c3c(F)cccc3-c3cncn32)CC1.CC(C)(C)[Si](C)(C)OC1CCC(C(O)CC2c3c(F)cccc3-c3cncn32)CC1.CC(C)(C)[Si](C)(C)OC1CCC(F)(CCC2c3c(F)cccc3-c3cncn32)CC1.CO.OC1CCC(F)(CCC2c3c(F)cccc3-c3cncn32)CC1.[B].[H-].[Na+]. The van der Waals surface area contributed by atoms with Crippen LogP contribution in [0.3, 0.4) is 0 Å². The summed E-state index contributed by atoms with van der Waals surface area (Å²) in [5.41, 5.74) is 7.41. The Hall–Kier alpha value is -5.59. The van der Waals surface area contributed by atoms with Gasteiger partial charge in [-0.2, -0.15) is 0 Å². The second-order valence-electron chi connectivity index (χ2n) is 39.9. The summed E-state index contributed by atoms with van der Waals surface area (Å²) in [4.78, 5) is 30.0. The molecule has 0 spiro atoms. The number of ether oxygens (including phenoxy) is 1. The predicted octanol–water partition coefficient (Wildman–Crippen LogP) is 20.3. The predicted molar refractivity (Wildman–Crippen MR) is 478 cm³/mol. The largest absolute Gasteiger partial charge is 1.00 e. The number of fused-ring (bicyclic) bond motifs is 12. The van der Waals surface area contributed by atoms with Gasteiger partial charge in [0.1, 0.15) is 40.4 Å². The minimum Gasteiger partial charge on any atom is -1.00 e. The Morgan fingerprint density at radius 1 is 0.484 bits per heavy atom. The minimum absolute atomic E-state index is 0. The number of rotatable bonds is 18. The van der Waals surface area contributed by atoms with Gasteiger partial charge in [0.25, 0.3) is 0 Å². The number of halogens is 6. The van der Waals surface area contributed by atoms with Crippen LogP contribution in [0.15, 0.2) is 123 Å². The fourth-order valence-electron chi connectivity index (χ4n) is 18.8. The fraction of sp³-hybridized carbons (Fsp3) is 0.611. The van der Waals surface area contributed by atoms with E-state index in [1.165, 1.54) is 37.1 Å². The second kappa shape index (κ2) is 40.8. The number of aliphatic hydroxyl groups excluding tert-OH is 3. The van der Waals surface area contributed by atoms with Crippen LogP contribution in [-0.2, 0) is 22.8 Å². The van der Waals surface area contributed by atoms with Crippen molar-refractivity contribution in [1.29, 1.82) is 0 Å². The molecule has 9 heterocycles. The molecule has 17 rings (SSSR count). The Kier molecular flexibility index (Phi) is 33.0. The standard InChI is InChI=1S/C24H34F2N2OSi.C24H35FN2O2Si.C24H33FN2O2Si.C18H20F2N2O.C4H8O.CH4O.B.Na.H/c1-23(2,3)30(4,5)29-17-9-12-24(26,13-10-17)14-11-20-22-18(7-6-8-19(22)25)21-15-27-16-28(20)21;2*1-24(2,3)30(4,5)29-17-11-9-16(10-12-17)22(28)13-20-23-18(7-6-8-19(23)25)21-14-26-15-27(20)21;19-14-3-1-2-13-16-10-21-11-22(16)15(17(13)14)6-9-18(20)7-4-12(23)5-8-18;1-2-4-5-3-1;1-2;;;/h6-8,15-17,20H,9-14H2,1-5H3;6-8,14-17,20,22,28H,9-13H2,1-5H3;6-8,14-17,20H,9-13H2,1-5H3;1-3,10-12,15,23H,4-9H2;1-4H2;2H,1H3;;;/q;;;;;;;+1;-1. The van der Waals surface area contributed by atoms with E-state index in [1.807, 2.05) is 42.5 Å². The average Bonchev–Trinajstić information content (AvgIpc) is 1.61. The summed E-state index contributed by atoms with van der Waals surface area (Å²) in [7, 11) is -4.38. The first-order chi connectivity index (χ1) is 56.7. The van der Waals surface area contributed by atoms with E-state index in [2.05, 4.69) is 122 Å². The fourth-order valence-corrected chi connectivity index (χ4v) is 23.1. The summed E-state index contributed by atoms with van der Waals surface area (Å²) in [6.07, 6.45) is 31.2. The van der Waals surface area contributed by atoms with Crippen LogP contribution >= 0.6 is 0 Å². The molecule has 4 aliphatic carbocycles. The van der Waals surface area contributed by atoms with Crippen LogP contribution in [0.2, 0.25) is 54.4 Å². The molecule has 16 nitrogen and oxygen atoms in total. The molecule has 122 heavy (non-hydrogen) atoms. The van der Waals surface area contributed by atoms with Gasteiger partial charge in [-0.3, -0.25) is 4.79 Å². The van der Waals surface area contributed by atoms with Crippen LogP contribution in [0.1, 0.15) is 264 Å². The summed E-state index contributed by atoms with van der Waals surface area (Å²) < 4.78 is 121. The molecule has 9 aliphatic rings. The summed E-state index contributed by atoms with van der Waals surface area (Å²) in [6.45, 7) is 36.1. The number of Topliss-reactive ketones (excluding diaryl/α,β-unsaturated/α-hetero) is 1. The van der Waals surface area contributed by atoms with E-state index < -0.39 is 42.4 Å². The quantitative estimate of drug-likeness (QED) is 0.0546. The number of imidazole rings is 4. The van der Waals surface area contributed by atoms with Crippen molar-refractivity contribution in [2.45, 2.75) is 337 Å². The first kappa shape index (κ1) is 98.6. The van der Waals surface area contributed by atoms with Crippen molar-refractivity contribution in [3.05, 3.63) is 168 Å². The molecule has 4 aromatic heterocycles. The summed E-state index contributed by atoms with van der Waals surface area (Å²) in [5.74, 6) is -0.343. The number of benzene rings is 4. The van der Waals surface area contributed by atoms with E-state index in [-0.39, 0.29) is 138 Å². The van der Waals surface area contributed by atoms with Gasteiger partial charge in [0.05, 0.1) is 109 Å². The molecule has 5 aliphatic heterocycles. The van der Waals surface area contributed by atoms with E-state index in [9.17, 15) is 37.0 Å². The Morgan fingerprint density at radius 3 is 1.12 bits per heavy atom. The molecule has 4 aromatic carbocycles. The van der Waals surface area contributed by atoms with E-state index in [0.29, 0.717) is 105 Å². The number of aliphatic hydroxyl groups is 3. The van der Waals surface area contributed by atoms with Gasteiger partial charge in [0.15, 0.2) is 25.0 Å². The number of carbonyl (C=O) groups excluding carboxylic acids is 1. The van der Waals surface area contributed by atoms with Crippen LogP contribution in [-0.4, -0.2) is 155 Å². The van der Waals surface area contributed by atoms with Gasteiger partial charge in [0.2, 0.25) is 0 Å². The zero-order chi connectivity index (χ0) is 86.7. The minimum atomic E-state index is -1.83. The molecule has 3 N–H and O–H groups in total. The van der Waals surface area contributed by atoms with Crippen LogP contribution in [0.5, 0.6) is 0 Å². The van der Waals surface area contributed by atoms with Crippen molar-refractivity contribution in [1.82, 2.24) is 38.2 Å². The third-order valence-corrected chi connectivity index (χ3v) is 42.6. The second-order valence-corrected chi connectivity index (χ2v) is 54.1. The van der Waals surface area contributed by atoms with Crippen LogP contribution in [0.25, 0.3) is 45.0 Å². The first-order valence-electron chi connectivity index (χ1n) is 44.3. The Bertz CT molecular complexity index is 4730. The van der Waals surface area contributed by atoms with Gasteiger partial charge in [-0.1, -0.05) is 111 Å². The van der Waals surface area contributed by atoms with E-state index in [1.54, 1.807) is 74.4 Å². The number of nitrogens with zero attached hydrogens (tertiary/aromatic N) is 8. The summed E-state index contributed by atoms with van der Waals surface area (Å²) >= 11 is 0. The van der Waals surface area contributed by atoms with Gasteiger partial charge in [0, 0.05) is 104 Å². The van der Waals surface area contributed by atoms with Crippen molar-refractivity contribution in [3.63, 3.8) is 0 Å². The maximum Gasteiger partial charge on any atom is 1.00 e. The van der Waals surface area contributed by atoms with Gasteiger partial charge < -0.3 is 53.0 Å². The Labute approximate surface area is 750 Å². The molecule has 5 fully saturated rings. The molecule has 5 atom stereocenters. The molecule has 661 valence electrons. The van der Waals surface area contributed by atoms with Crippen molar-refractivity contribution in [3.8, 4) is 45.0 Å². The molecule has 4 saturated carbocycles. The molecule has 27 heteroatoms. The molecular formula is C95H135BF6N8NaO8Si3. The first-order valence-corrected chi connectivity index (χ1v) is 53.0. The van der Waals surface area contributed by atoms with E-state index >= 15 is 4.39 Å². The third kappa shape index (κ3) is 22.2. The molecule has 0 bridgehead atoms. The number of carbonyl (C=O) groups is 1. The smallest absolute Gasteiger partial charge is 1.00 e. The molecule has 3 radical (unpaired) electrons. The van der Waals surface area contributed by atoms with Crippen LogP contribution in [0.4, 0.5) is 26.3 Å². The normalized spacial score (nSPS) is 25.1. The zero-order valence-corrected chi connectivity index (χ0v) is 80.6. The zero-order valence-electron chi connectivity index (χ0n) is 76.6. The molecular weight excluding hydrogens is 1610 g/mol. The number of alkyl halides is 2. The molecule has 8 aromatic rings. The average molecular weight is 1750 g/mol. The van der Waals surface area contributed by atoms with E-state index in [4.69, 9.17) is 23.1 Å². The molecule has 0 amide bonds. The van der Waals surface area contributed by atoms with Crippen molar-refractivity contribution < 1.29 is 95.5 Å². The van der Waals surface area contributed by atoms with Crippen LogP contribution < -0.4 is 29.6 Å². The van der Waals surface area contributed by atoms with Crippen LogP contribution in [0, 0.1) is 35.1 Å². The number of ketones is 1. The van der Waals surface area contributed by atoms with E-state index in [0.717, 1.165) is 130 Å². The Balaban J connectivity index is 0.000000180. The number of aromatic nitrogens is 8. The molecule has 1 saturated heterocycles. The van der Waals surface area contributed by atoms with Gasteiger partial charge in [-0.15, -0.1) is 0 Å². The van der Waals surface area contributed by atoms with Gasteiger partial charge in [-0.25, -0.2) is 46.3 Å². The third-order valence-electron chi connectivity index (χ3n) is 28.9. The van der Waals surface area contributed by atoms with Crippen molar-refractivity contribution in [2.24, 2.45) is 11.8 Å². The van der Waals surface area contributed by atoms with Crippen molar-refractivity contribution >= 4 is 39.1 Å². The maximum absolute atomic E-state index is 15.7. The van der Waals surface area contributed by atoms with Gasteiger partial charge >= 0.3 is 29.6 Å². The summed E-state index contributed by atoms with van der Waals surface area (Å²) in [6, 6.07) is 19.7. The summed E-state index contributed by atoms with van der Waals surface area (Å²) in [5, 5.41) is 28.2. The number of hydrogen-bond donors (Lipinski definition) is 3. The van der Waals surface area contributed by atoms with Crippen molar-refractivity contribution in [2.75, 3.05) is 20.3 Å². The van der Waals surface area contributed by atoms with Gasteiger partial charge in [-0.05, 0) is 232 Å². The Morgan fingerprint density at radius 2 is 0.787 bits per heavy atom. The monoisotopic (exact) mass is 1750 g/mol. The topological polar surface area (TPSA) is 186 Å². The number of hydrogen-bond acceptors (Lipinski definition) is 12. The molecule has 5 unspecified atom stereocenters. The maximum atomic E-state index is 15.7.